The van der Waals surface area contributed by atoms with Gasteiger partial charge in [-0.3, -0.25) is 0 Å². The molecule has 110 valence electrons. The molecular formula is C15H22N2O3. The van der Waals surface area contributed by atoms with Gasteiger partial charge in [0.2, 0.25) is 0 Å². The second kappa shape index (κ2) is 8.19. The number of nitrogens with one attached hydrogen (secondary N) is 2. The lowest BCUT2D eigenvalue weighted by Crippen LogP contribution is -2.46. The molecule has 5 nitrogen and oxygen atoms in total. The highest BCUT2D eigenvalue weighted by Crippen LogP contribution is 2.10. The van der Waals surface area contributed by atoms with Crippen molar-refractivity contribution in [1.29, 1.82) is 0 Å². The number of urea groups is 1. The predicted molar refractivity (Wildman–Crippen MR) is 77.5 cm³/mol. The second-order valence-electron chi connectivity index (χ2n) is 4.78. The van der Waals surface area contributed by atoms with Gasteiger partial charge in [-0.15, -0.1) is 0 Å². The van der Waals surface area contributed by atoms with Crippen molar-refractivity contribution in [1.82, 2.24) is 10.6 Å². The molecule has 3 N–H and O–H groups in total. The normalized spacial score (nSPS) is 13.3. The van der Waals surface area contributed by atoms with Crippen LogP contribution in [0.4, 0.5) is 4.79 Å². The molecule has 0 spiro atoms. The lowest BCUT2D eigenvalue weighted by Gasteiger charge is -2.18. The molecule has 0 aliphatic carbocycles. The van der Waals surface area contributed by atoms with Crippen molar-refractivity contribution in [3.05, 3.63) is 35.9 Å². The topological polar surface area (TPSA) is 78.4 Å². The van der Waals surface area contributed by atoms with Gasteiger partial charge in [0.05, 0.1) is 6.04 Å². The summed E-state index contributed by atoms with van der Waals surface area (Å²) in [5.41, 5.74) is 0.975. The molecule has 1 rings (SSSR count). The zero-order valence-electron chi connectivity index (χ0n) is 11.9. The highest BCUT2D eigenvalue weighted by molar-refractivity contribution is 5.82. The number of benzene rings is 1. The van der Waals surface area contributed by atoms with Gasteiger partial charge in [-0.05, 0) is 18.9 Å². The smallest absolute Gasteiger partial charge is 0.326 e. The van der Waals surface area contributed by atoms with Gasteiger partial charge in [0.15, 0.2) is 0 Å². The summed E-state index contributed by atoms with van der Waals surface area (Å²) in [4.78, 5) is 22.9. The highest BCUT2D eigenvalue weighted by atomic mass is 16.4. The van der Waals surface area contributed by atoms with Gasteiger partial charge in [0, 0.05) is 0 Å². The van der Waals surface area contributed by atoms with Crippen LogP contribution in [0.2, 0.25) is 0 Å². The van der Waals surface area contributed by atoms with Crippen molar-refractivity contribution >= 4 is 12.0 Å². The van der Waals surface area contributed by atoms with E-state index in [1.165, 1.54) is 0 Å². The molecule has 0 radical (unpaired) electrons. The maximum atomic E-state index is 11.8. The number of hydrogen-bond donors (Lipinski definition) is 3. The summed E-state index contributed by atoms with van der Waals surface area (Å²) in [5, 5.41) is 14.3. The Balaban J connectivity index is 2.51. The second-order valence-corrected chi connectivity index (χ2v) is 4.78. The lowest BCUT2D eigenvalue weighted by atomic mass is 10.1. The number of unbranched alkanes of at least 4 members (excludes halogenated alkanes) is 1. The van der Waals surface area contributed by atoms with Crippen LogP contribution in [-0.2, 0) is 4.79 Å². The standard InChI is InChI=1S/C15H22N2O3/c1-3-4-10-13(14(18)19)17-15(20)16-11(2)12-8-6-5-7-9-12/h5-9,11,13H,3-4,10H2,1-2H3,(H,18,19)(H2,16,17,20). The van der Waals surface area contributed by atoms with Crippen molar-refractivity contribution in [3.8, 4) is 0 Å². The molecule has 0 aromatic heterocycles. The van der Waals surface area contributed by atoms with E-state index in [-0.39, 0.29) is 6.04 Å². The molecule has 2 unspecified atom stereocenters. The number of carbonyl (C=O) groups is 2. The van der Waals surface area contributed by atoms with Crippen molar-refractivity contribution < 1.29 is 14.7 Å². The van der Waals surface area contributed by atoms with E-state index < -0.39 is 18.0 Å². The van der Waals surface area contributed by atoms with Gasteiger partial charge in [0.1, 0.15) is 6.04 Å². The Hall–Kier alpha value is -2.04. The largest absolute Gasteiger partial charge is 0.480 e. The molecule has 1 aromatic carbocycles. The summed E-state index contributed by atoms with van der Waals surface area (Å²) in [6.45, 7) is 3.84. The Morgan fingerprint density at radius 3 is 2.40 bits per heavy atom. The van der Waals surface area contributed by atoms with Gasteiger partial charge in [0.25, 0.3) is 0 Å². The first kappa shape index (κ1) is 16.0. The molecule has 0 saturated heterocycles. The zero-order valence-corrected chi connectivity index (χ0v) is 11.9. The van der Waals surface area contributed by atoms with Crippen molar-refractivity contribution in [2.24, 2.45) is 0 Å². The molecular weight excluding hydrogens is 256 g/mol. The van der Waals surface area contributed by atoms with Gasteiger partial charge in [-0.25, -0.2) is 9.59 Å². The van der Waals surface area contributed by atoms with E-state index >= 15 is 0 Å². The van der Waals surface area contributed by atoms with E-state index in [0.717, 1.165) is 18.4 Å². The predicted octanol–water partition coefficient (Wildman–Crippen LogP) is 2.69. The Labute approximate surface area is 119 Å². The third-order valence-electron chi connectivity index (χ3n) is 3.10. The number of carbonyl (C=O) groups excluding carboxylic acids is 1. The number of aliphatic carboxylic acids is 1. The van der Waals surface area contributed by atoms with E-state index in [2.05, 4.69) is 10.6 Å². The van der Waals surface area contributed by atoms with Crippen LogP contribution >= 0.6 is 0 Å². The highest BCUT2D eigenvalue weighted by Gasteiger charge is 2.20. The Morgan fingerprint density at radius 2 is 1.85 bits per heavy atom. The summed E-state index contributed by atoms with van der Waals surface area (Å²) < 4.78 is 0. The summed E-state index contributed by atoms with van der Waals surface area (Å²) >= 11 is 0. The number of hydrogen-bond acceptors (Lipinski definition) is 2. The van der Waals surface area contributed by atoms with E-state index in [1.807, 2.05) is 44.2 Å². The van der Waals surface area contributed by atoms with Crippen LogP contribution in [-0.4, -0.2) is 23.1 Å². The molecule has 0 aliphatic heterocycles. The Kier molecular flexibility index (Phi) is 6.56. The van der Waals surface area contributed by atoms with Crippen LogP contribution in [0.1, 0.15) is 44.7 Å². The van der Waals surface area contributed by atoms with Crippen molar-refractivity contribution in [3.63, 3.8) is 0 Å². The number of carboxylic acids is 1. The minimum atomic E-state index is -0.999. The van der Waals surface area contributed by atoms with E-state index in [1.54, 1.807) is 0 Å². The van der Waals surface area contributed by atoms with Gasteiger partial charge in [-0.1, -0.05) is 50.1 Å². The molecule has 0 aliphatic rings. The molecule has 0 saturated carbocycles. The molecule has 0 fully saturated rings. The van der Waals surface area contributed by atoms with Crippen LogP contribution in [0, 0.1) is 0 Å². The fourth-order valence-corrected chi connectivity index (χ4v) is 1.89. The molecule has 20 heavy (non-hydrogen) atoms. The molecule has 1 aromatic rings. The first-order valence-corrected chi connectivity index (χ1v) is 6.89. The van der Waals surface area contributed by atoms with Gasteiger partial charge < -0.3 is 15.7 Å². The molecule has 0 bridgehead atoms. The van der Waals surface area contributed by atoms with Crippen LogP contribution in [0.3, 0.4) is 0 Å². The van der Waals surface area contributed by atoms with E-state index in [9.17, 15) is 9.59 Å². The number of rotatable bonds is 7. The minimum absolute atomic E-state index is 0.170. The monoisotopic (exact) mass is 278 g/mol. The van der Waals surface area contributed by atoms with Crippen LogP contribution in [0.5, 0.6) is 0 Å². The average Bonchev–Trinajstić information content (AvgIpc) is 2.44. The zero-order chi connectivity index (χ0) is 15.0. The lowest BCUT2D eigenvalue weighted by molar-refractivity contribution is -0.139. The number of carboxylic acid groups (broad SMARTS) is 1. The molecule has 0 heterocycles. The SMILES string of the molecule is CCCCC(NC(=O)NC(C)c1ccccc1)C(=O)O. The molecule has 2 atom stereocenters. The maximum absolute atomic E-state index is 11.8. The van der Waals surface area contributed by atoms with Crippen LogP contribution < -0.4 is 10.6 Å². The Bertz CT molecular complexity index is 434. The Morgan fingerprint density at radius 1 is 1.20 bits per heavy atom. The van der Waals surface area contributed by atoms with E-state index in [4.69, 9.17) is 5.11 Å². The quantitative estimate of drug-likeness (QED) is 0.717. The molecule has 5 heteroatoms. The fraction of sp³-hybridized carbons (Fsp3) is 0.467. The third kappa shape index (κ3) is 5.30. The fourth-order valence-electron chi connectivity index (χ4n) is 1.89. The first-order valence-electron chi connectivity index (χ1n) is 6.89. The van der Waals surface area contributed by atoms with Gasteiger partial charge in [-0.2, -0.15) is 0 Å². The van der Waals surface area contributed by atoms with Crippen molar-refractivity contribution in [2.45, 2.75) is 45.2 Å². The minimum Gasteiger partial charge on any atom is -0.480 e. The van der Waals surface area contributed by atoms with Crippen molar-refractivity contribution in [2.75, 3.05) is 0 Å². The summed E-state index contributed by atoms with van der Waals surface area (Å²) in [6.07, 6.45) is 2.11. The summed E-state index contributed by atoms with van der Waals surface area (Å²) in [7, 11) is 0. The summed E-state index contributed by atoms with van der Waals surface area (Å²) in [6, 6.07) is 8.06. The first-order chi connectivity index (χ1) is 9.54. The third-order valence-corrected chi connectivity index (χ3v) is 3.10. The van der Waals surface area contributed by atoms with Crippen LogP contribution in [0.25, 0.3) is 0 Å². The maximum Gasteiger partial charge on any atom is 0.326 e. The number of amides is 2. The summed E-state index contributed by atoms with van der Waals surface area (Å²) in [5.74, 6) is -0.999. The van der Waals surface area contributed by atoms with Gasteiger partial charge >= 0.3 is 12.0 Å². The average molecular weight is 278 g/mol. The molecule has 2 amide bonds. The van der Waals surface area contributed by atoms with Crippen LogP contribution in [0.15, 0.2) is 30.3 Å². The van der Waals surface area contributed by atoms with E-state index in [0.29, 0.717) is 6.42 Å².